The smallest absolute Gasteiger partial charge is 0 e. The van der Waals surface area contributed by atoms with Crippen LogP contribution in [-0.2, 0) is 196 Å². The Bertz CT molecular complexity index is 9.71. The summed E-state index contributed by atoms with van der Waals surface area (Å²) in [6.45, 7) is 10.0. The molecule has 10 heavy (non-hydrogen) atoms. The Kier molecular flexibility index (Phi) is 416. The van der Waals surface area contributed by atoms with Gasteiger partial charge in [0.25, 0.3) is 0 Å². The third-order valence-corrected chi connectivity index (χ3v) is 0. The van der Waals surface area contributed by atoms with Gasteiger partial charge in [-0.25, -0.2) is 0 Å². The van der Waals surface area contributed by atoms with Crippen molar-refractivity contribution in [1.82, 2.24) is 0 Å². The third-order valence-electron chi connectivity index (χ3n) is 0. The molecule has 6 heteroatoms. The number of rotatable bonds is 0. The molecule has 0 unspecified atom stereocenters. The molecule has 0 aromatic rings. The van der Waals surface area contributed by atoms with E-state index in [1.54, 1.807) is 13.8 Å². The molecule has 46 valence electrons. The minimum absolute atomic E-state index is 0. The summed E-state index contributed by atoms with van der Waals surface area (Å²) in [5.74, 6) is 0. The van der Waals surface area contributed by atoms with Crippen molar-refractivity contribution in [2.45, 2.75) is 13.8 Å². The predicted octanol–water partition coefficient (Wildman–Crippen LogP) is 1.67. The second kappa shape index (κ2) is 76.2. The van der Waals surface area contributed by atoms with Crippen molar-refractivity contribution in [2.75, 3.05) is 0 Å². The topological polar surface area (TPSA) is 0 Å². The van der Waals surface area contributed by atoms with E-state index < -0.39 is 0 Å². The molecule has 0 saturated heterocycles. The molecule has 0 fully saturated rings. The maximum absolute atomic E-state index is 3.25. The molecule has 0 N–H and O–H groups in total. The first kappa shape index (κ1) is 54.6. The van der Waals surface area contributed by atoms with Crippen molar-refractivity contribution < 1.29 is 196 Å². The quantitative estimate of drug-likeness (QED) is 0.377. The average Bonchev–Trinajstić information content (AvgIpc) is 1.50. The molecule has 0 aliphatic heterocycles. The average molecular weight is 592 g/mol. The van der Waals surface area contributed by atoms with Gasteiger partial charge in [0.2, 0.25) is 0 Å². The van der Waals surface area contributed by atoms with Crippen LogP contribution in [0.4, 0.5) is 0 Å². The van der Waals surface area contributed by atoms with Gasteiger partial charge in [0, 0.05) is 196 Å². The zero-order valence-corrected chi connectivity index (χ0v) is 23.9. The standard InChI is InChI=1S/2C2H5.6Y/c2*1-2;;;;;;/h2*1H2,2H3;;;;;;/q2*-1;;;;;;. The fourth-order valence-electron chi connectivity index (χ4n) is 0. The first-order valence-corrected chi connectivity index (χ1v) is 1.41. The van der Waals surface area contributed by atoms with E-state index in [1.165, 1.54) is 0 Å². The molecule has 0 atom stereocenters. The predicted molar refractivity (Wildman–Crippen MR) is 22.1 cm³/mol. The van der Waals surface area contributed by atoms with Crippen LogP contribution < -0.4 is 0 Å². The normalized spacial score (nSPS) is 1.20. The second-order valence-corrected chi connectivity index (χ2v) is 0. The molecule has 0 aliphatic carbocycles. The Morgan fingerprint density at radius 2 is 0.400 bits per heavy atom. The van der Waals surface area contributed by atoms with Gasteiger partial charge in [-0.05, 0) is 0 Å². The van der Waals surface area contributed by atoms with Gasteiger partial charge in [-0.1, -0.05) is 0 Å². The summed E-state index contributed by atoms with van der Waals surface area (Å²) in [7, 11) is 0. The maximum Gasteiger partial charge on any atom is 0 e. The summed E-state index contributed by atoms with van der Waals surface area (Å²) in [4.78, 5) is 0. The van der Waals surface area contributed by atoms with E-state index in [4.69, 9.17) is 0 Å². The summed E-state index contributed by atoms with van der Waals surface area (Å²) in [6, 6.07) is 0. The number of hydrogen-bond acceptors (Lipinski definition) is 0. The van der Waals surface area contributed by atoms with Crippen molar-refractivity contribution in [3.63, 3.8) is 0 Å². The monoisotopic (exact) mass is 592 g/mol. The summed E-state index contributed by atoms with van der Waals surface area (Å²) in [6.07, 6.45) is 0. The minimum Gasteiger partial charge on any atom is -0.346 e. The van der Waals surface area contributed by atoms with Crippen molar-refractivity contribution in [2.24, 2.45) is 0 Å². The van der Waals surface area contributed by atoms with Gasteiger partial charge in [0.15, 0.2) is 0 Å². The minimum atomic E-state index is 0. The van der Waals surface area contributed by atoms with Crippen molar-refractivity contribution in [3.8, 4) is 0 Å². The van der Waals surface area contributed by atoms with Crippen molar-refractivity contribution >= 4 is 0 Å². The molecule has 0 rings (SSSR count). The first-order chi connectivity index (χ1) is 2.00. The summed E-state index contributed by atoms with van der Waals surface area (Å²) in [5.41, 5.74) is 0. The van der Waals surface area contributed by atoms with Crippen LogP contribution in [0.25, 0.3) is 0 Å². The Labute approximate surface area is 217 Å². The molecule has 0 spiro atoms. The van der Waals surface area contributed by atoms with E-state index >= 15 is 0 Å². The molecular formula is C4H10Y6-2. The zero-order valence-electron chi connectivity index (χ0n) is 6.88. The van der Waals surface area contributed by atoms with Gasteiger partial charge in [0.1, 0.15) is 0 Å². The maximum atomic E-state index is 3.25. The largest absolute Gasteiger partial charge is 0.346 e. The SMILES string of the molecule is [CH2-]C.[CH2-]C.[Y].[Y].[Y].[Y].[Y].[Y]. The zero-order chi connectivity index (χ0) is 4.00. The number of hydrogen-bond donors (Lipinski definition) is 0. The molecule has 0 nitrogen and oxygen atoms in total. The van der Waals surface area contributed by atoms with Gasteiger partial charge in [-0.3, -0.25) is 0 Å². The van der Waals surface area contributed by atoms with E-state index in [0.29, 0.717) is 0 Å². The van der Waals surface area contributed by atoms with Crippen LogP contribution in [-0.4, -0.2) is 0 Å². The van der Waals surface area contributed by atoms with Crippen molar-refractivity contribution in [1.29, 1.82) is 0 Å². The van der Waals surface area contributed by atoms with Crippen LogP contribution in [0.1, 0.15) is 13.8 Å². The van der Waals surface area contributed by atoms with Gasteiger partial charge in [-0.2, -0.15) is 13.8 Å². The molecule has 0 saturated carbocycles. The molecule has 0 aromatic carbocycles. The molecular weight excluding hydrogens is 581 g/mol. The van der Waals surface area contributed by atoms with Crippen LogP contribution in [0.5, 0.6) is 0 Å². The fraction of sp³-hybridized carbons (Fsp3) is 0.500. The summed E-state index contributed by atoms with van der Waals surface area (Å²) in [5, 5.41) is 0. The molecule has 0 aliphatic rings. The molecule has 6 radical (unpaired) electrons. The van der Waals surface area contributed by atoms with E-state index in [-0.39, 0.29) is 196 Å². The second-order valence-electron chi connectivity index (χ2n) is 0. The Morgan fingerprint density at radius 1 is 0.400 bits per heavy atom. The van der Waals surface area contributed by atoms with E-state index in [9.17, 15) is 0 Å². The van der Waals surface area contributed by atoms with Gasteiger partial charge in [-0.15, -0.1) is 0 Å². The summed E-state index contributed by atoms with van der Waals surface area (Å²) < 4.78 is 0. The Morgan fingerprint density at radius 3 is 0.400 bits per heavy atom. The summed E-state index contributed by atoms with van der Waals surface area (Å²) >= 11 is 0. The van der Waals surface area contributed by atoms with Gasteiger partial charge >= 0.3 is 0 Å². The van der Waals surface area contributed by atoms with Crippen molar-refractivity contribution in [3.05, 3.63) is 13.8 Å². The van der Waals surface area contributed by atoms with E-state index in [0.717, 1.165) is 0 Å². The first-order valence-electron chi connectivity index (χ1n) is 1.41. The van der Waals surface area contributed by atoms with Crippen LogP contribution >= 0.6 is 0 Å². The van der Waals surface area contributed by atoms with Gasteiger partial charge in [0.05, 0.1) is 0 Å². The molecule has 0 aromatic heterocycles. The molecule has 0 bridgehead atoms. The van der Waals surface area contributed by atoms with E-state index in [2.05, 4.69) is 13.8 Å². The third kappa shape index (κ3) is 61.9. The van der Waals surface area contributed by atoms with Crippen LogP contribution in [0, 0.1) is 13.8 Å². The fourth-order valence-corrected chi connectivity index (χ4v) is 0. The molecule has 0 heterocycles. The van der Waals surface area contributed by atoms with E-state index in [1.807, 2.05) is 0 Å². The Balaban J connectivity index is -0.000000000833. The molecule has 0 amide bonds. The van der Waals surface area contributed by atoms with Gasteiger partial charge < -0.3 is 13.8 Å². The van der Waals surface area contributed by atoms with Crippen LogP contribution in [0.15, 0.2) is 0 Å². The Hall–Kier alpha value is 6.62. The van der Waals surface area contributed by atoms with Crippen LogP contribution in [0.3, 0.4) is 0 Å². The van der Waals surface area contributed by atoms with Crippen LogP contribution in [0.2, 0.25) is 0 Å².